The highest BCUT2D eigenvalue weighted by atomic mass is 15.1. The minimum Gasteiger partial charge on any atom is -0.308 e. The molecule has 4 aliphatic rings. The number of allylic oxidation sites excluding steroid dienone is 1. The lowest BCUT2D eigenvalue weighted by Gasteiger charge is -2.57. The van der Waals surface area contributed by atoms with Gasteiger partial charge in [0.25, 0.3) is 0 Å². The van der Waals surface area contributed by atoms with Crippen LogP contribution in [0.3, 0.4) is 0 Å². The van der Waals surface area contributed by atoms with Crippen molar-refractivity contribution < 1.29 is 0 Å². The first-order valence-electron chi connectivity index (χ1n) is 9.39. The van der Waals surface area contributed by atoms with E-state index < -0.39 is 0 Å². The Morgan fingerprint density at radius 2 is 1.86 bits per heavy atom. The molecule has 0 amide bonds. The first kappa shape index (κ1) is 14.3. The number of nitrogens with one attached hydrogen (secondary N) is 1. The van der Waals surface area contributed by atoms with Crippen LogP contribution in [0.25, 0.3) is 0 Å². The average molecular weight is 287 g/mol. The maximum Gasteiger partial charge on any atom is 0.0215 e. The number of fused-ring (bicyclic) bond motifs is 5. The Kier molecular flexibility index (Phi) is 3.13. The van der Waals surface area contributed by atoms with Crippen LogP contribution in [0.4, 0.5) is 0 Å². The molecule has 0 bridgehead atoms. The monoisotopic (exact) mass is 287 g/mol. The summed E-state index contributed by atoms with van der Waals surface area (Å²) >= 11 is 0. The van der Waals surface area contributed by atoms with Gasteiger partial charge >= 0.3 is 0 Å². The Morgan fingerprint density at radius 3 is 2.62 bits per heavy atom. The van der Waals surface area contributed by atoms with Crippen molar-refractivity contribution in [2.45, 2.75) is 77.3 Å². The lowest BCUT2D eigenvalue weighted by atomic mass is 9.50. The Hall–Kier alpha value is -0.300. The minimum absolute atomic E-state index is 0.440. The highest BCUT2D eigenvalue weighted by molar-refractivity contribution is 5.15. The standard InChI is InChI=1S/C20H33N/c1-5-14-7-9-17-16-8-6-15-12-13(2)21-20(15,4)18(16)10-11-19(14,17)3/h5,13-18,21H,1,6-12H2,2-4H3. The molecule has 0 radical (unpaired) electrons. The van der Waals surface area contributed by atoms with Crippen molar-refractivity contribution in [3.63, 3.8) is 0 Å². The van der Waals surface area contributed by atoms with Gasteiger partial charge in [-0.05, 0) is 93.8 Å². The maximum atomic E-state index is 4.15. The van der Waals surface area contributed by atoms with Crippen molar-refractivity contribution >= 4 is 0 Å². The van der Waals surface area contributed by atoms with Crippen LogP contribution < -0.4 is 5.32 Å². The quantitative estimate of drug-likeness (QED) is 0.684. The van der Waals surface area contributed by atoms with Gasteiger partial charge in [-0.2, -0.15) is 0 Å². The molecule has 21 heavy (non-hydrogen) atoms. The Bertz CT molecular complexity index is 443. The van der Waals surface area contributed by atoms with Crippen LogP contribution in [0.5, 0.6) is 0 Å². The van der Waals surface area contributed by atoms with E-state index in [0.717, 1.165) is 35.6 Å². The van der Waals surface area contributed by atoms with Crippen molar-refractivity contribution in [3.8, 4) is 0 Å². The molecule has 1 aliphatic heterocycles. The molecule has 1 saturated heterocycles. The highest BCUT2D eigenvalue weighted by Crippen LogP contribution is 2.64. The zero-order valence-electron chi connectivity index (χ0n) is 14.2. The van der Waals surface area contributed by atoms with Gasteiger partial charge < -0.3 is 5.32 Å². The summed E-state index contributed by atoms with van der Waals surface area (Å²) in [5.41, 5.74) is 1.01. The predicted octanol–water partition coefficient (Wildman–Crippen LogP) is 4.78. The fourth-order valence-corrected chi connectivity index (χ4v) is 7.46. The number of hydrogen-bond donors (Lipinski definition) is 1. The zero-order valence-corrected chi connectivity index (χ0v) is 14.2. The van der Waals surface area contributed by atoms with E-state index in [1.165, 1.54) is 44.9 Å². The van der Waals surface area contributed by atoms with Gasteiger partial charge in [0, 0.05) is 11.6 Å². The molecule has 8 atom stereocenters. The summed E-state index contributed by atoms with van der Waals surface area (Å²) in [6.45, 7) is 11.7. The molecule has 8 unspecified atom stereocenters. The van der Waals surface area contributed by atoms with Crippen molar-refractivity contribution in [1.82, 2.24) is 5.32 Å². The topological polar surface area (TPSA) is 12.0 Å². The van der Waals surface area contributed by atoms with Crippen LogP contribution in [-0.2, 0) is 0 Å². The van der Waals surface area contributed by atoms with Crippen LogP contribution in [0.15, 0.2) is 12.7 Å². The van der Waals surface area contributed by atoms with Gasteiger partial charge in [0.05, 0.1) is 0 Å². The normalized spacial score (nSPS) is 59.2. The summed E-state index contributed by atoms with van der Waals surface area (Å²) in [6.07, 6.45) is 12.4. The summed E-state index contributed by atoms with van der Waals surface area (Å²) in [5, 5.41) is 4.03. The van der Waals surface area contributed by atoms with E-state index in [2.05, 4.69) is 38.7 Å². The van der Waals surface area contributed by atoms with Crippen molar-refractivity contribution in [2.24, 2.45) is 35.0 Å². The average Bonchev–Trinajstić information content (AvgIpc) is 2.93. The van der Waals surface area contributed by atoms with Gasteiger partial charge in [-0.15, -0.1) is 6.58 Å². The van der Waals surface area contributed by atoms with Crippen LogP contribution in [0.1, 0.15) is 65.7 Å². The molecule has 0 aromatic heterocycles. The molecule has 1 heterocycles. The molecule has 3 aliphatic carbocycles. The number of rotatable bonds is 1. The fraction of sp³-hybridized carbons (Fsp3) is 0.900. The van der Waals surface area contributed by atoms with E-state index in [4.69, 9.17) is 0 Å². The summed E-state index contributed by atoms with van der Waals surface area (Å²) in [5.74, 6) is 4.60. The molecule has 0 spiro atoms. The Balaban J connectivity index is 1.65. The molecular formula is C20H33N. The largest absolute Gasteiger partial charge is 0.308 e. The van der Waals surface area contributed by atoms with E-state index in [-0.39, 0.29) is 0 Å². The summed E-state index contributed by atoms with van der Waals surface area (Å²) in [7, 11) is 0. The van der Waals surface area contributed by atoms with E-state index in [0.29, 0.717) is 11.0 Å². The molecule has 3 saturated carbocycles. The third-order valence-electron chi connectivity index (χ3n) is 8.46. The van der Waals surface area contributed by atoms with Gasteiger partial charge in [-0.1, -0.05) is 13.0 Å². The Morgan fingerprint density at radius 1 is 1.05 bits per heavy atom. The minimum atomic E-state index is 0.440. The predicted molar refractivity (Wildman–Crippen MR) is 89.1 cm³/mol. The third kappa shape index (κ3) is 1.79. The molecular weight excluding hydrogens is 254 g/mol. The second-order valence-corrected chi connectivity index (χ2v) is 9.18. The Labute approximate surface area is 131 Å². The molecule has 1 nitrogen and oxygen atoms in total. The summed E-state index contributed by atoms with van der Waals surface area (Å²) in [6, 6.07) is 0.733. The summed E-state index contributed by atoms with van der Waals surface area (Å²) < 4.78 is 0. The van der Waals surface area contributed by atoms with Gasteiger partial charge in [-0.3, -0.25) is 0 Å². The second kappa shape index (κ2) is 4.60. The molecule has 1 heteroatoms. The molecule has 0 aromatic rings. The molecule has 118 valence electrons. The lowest BCUT2D eigenvalue weighted by molar-refractivity contribution is -0.0529. The molecule has 4 fully saturated rings. The van der Waals surface area contributed by atoms with Crippen LogP contribution in [0.2, 0.25) is 0 Å². The van der Waals surface area contributed by atoms with E-state index in [1.807, 2.05) is 0 Å². The van der Waals surface area contributed by atoms with Gasteiger partial charge in [0.15, 0.2) is 0 Å². The zero-order chi connectivity index (χ0) is 14.8. The van der Waals surface area contributed by atoms with Crippen molar-refractivity contribution in [3.05, 3.63) is 12.7 Å². The second-order valence-electron chi connectivity index (χ2n) is 9.18. The smallest absolute Gasteiger partial charge is 0.0215 e. The van der Waals surface area contributed by atoms with Gasteiger partial charge in [0.2, 0.25) is 0 Å². The first-order chi connectivity index (χ1) is 9.99. The summed E-state index contributed by atoms with van der Waals surface area (Å²) in [4.78, 5) is 0. The van der Waals surface area contributed by atoms with Crippen LogP contribution in [0, 0.1) is 35.0 Å². The number of hydrogen-bond acceptors (Lipinski definition) is 1. The molecule has 4 rings (SSSR count). The van der Waals surface area contributed by atoms with E-state index in [9.17, 15) is 0 Å². The van der Waals surface area contributed by atoms with E-state index in [1.54, 1.807) is 0 Å². The fourth-order valence-electron chi connectivity index (χ4n) is 7.46. The van der Waals surface area contributed by atoms with Gasteiger partial charge in [-0.25, -0.2) is 0 Å². The maximum absolute atomic E-state index is 4.15. The lowest BCUT2D eigenvalue weighted by Crippen LogP contribution is -2.59. The molecule has 1 N–H and O–H groups in total. The first-order valence-corrected chi connectivity index (χ1v) is 9.39. The third-order valence-corrected chi connectivity index (χ3v) is 8.46. The van der Waals surface area contributed by atoms with Crippen LogP contribution >= 0.6 is 0 Å². The SMILES string of the molecule is C=CC1CCC2C3CCC4CC(C)NC4(C)C3CCC12C. The molecule has 0 aromatic carbocycles. The van der Waals surface area contributed by atoms with Crippen LogP contribution in [-0.4, -0.2) is 11.6 Å². The van der Waals surface area contributed by atoms with Gasteiger partial charge in [0.1, 0.15) is 0 Å². The van der Waals surface area contributed by atoms with Crippen molar-refractivity contribution in [1.29, 1.82) is 0 Å². The van der Waals surface area contributed by atoms with E-state index >= 15 is 0 Å². The van der Waals surface area contributed by atoms with Crippen molar-refractivity contribution in [2.75, 3.05) is 0 Å². The highest BCUT2D eigenvalue weighted by Gasteiger charge is 2.60.